The number of likely N-dealkylation sites (tertiary alicyclic amines) is 1. The minimum absolute atomic E-state index is 0.0509. The highest BCUT2D eigenvalue weighted by atomic mass is 32.1. The fraction of sp³-hybridized carbons (Fsp3) is 0.565. The van der Waals surface area contributed by atoms with Crippen molar-refractivity contribution in [2.45, 2.75) is 64.6 Å². The topological polar surface area (TPSA) is 84.9 Å². The van der Waals surface area contributed by atoms with Crippen molar-refractivity contribution in [2.24, 2.45) is 0 Å². The van der Waals surface area contributed by atoms with Crippen LogP contribution in [-0.2, 0) is 9.59 Å². The van der Waals surface area contributed by atoms with E-state index in [-0.39, 0.29) is 48.3 Å². The number of anilines is 1. The van der Waals surface area contributed by atoms with Gasteiger partial charge < -0.3 is 14.4 Å². The summed E-state index contributed by atoms with van der Waals surface area (Å²) in [6.45, 7) is 3.21. The first-order valence-electron chi connectivity index (χ1n) is 11.4. The SMILES string of the molecule is CCN(C(=O)CN1C[C@H](c2ccc(OC(F)F)c(OC(C)C)c2)CC1=O)c1nnc(C2CC2)s1. The highest BCUT2D eigenvalue weighted by Crippen LogP contribution is 2.42. The smallest absolute Gasteiger partial charge is 0.387 e. The summed E-state index contributed by atoms with van der Waals surface area (Å²) in [5, 5.41) is 9.90. The zero-order chi connectivity index (χ0) is 24.4. The van der Waals surface area contributed by atoms with E-state index in [2.05, 4.69) is 14.9 Å². The predicted octanol–water partition coefficient (Wildman–Crippen LogP) is 4.17. The van der Waals surface area contributed by atoms with Crippen LogP contribution in [-0.4, -0.2) is 59.3 Å². The van der Waals surface area contributed by atoms with Gasteiger partial charge in [-0.15, -0.1) is 10.2 Å². The van der Waals surface area contributed by atoms with Gasteiger partial charge in [-0.2, -0.15) is 8.78 Å². The molecule has 1 saturated heterocycles. The standard InChI is InChI=1S/C23H28F2N4O4S/c1-4-29(23-27-26-21(34-23)14-5-6-14)20(31)12-28-11-16(10-19(28)30)15-7-8-17(33-22(24)25)18(9-15)32-13(2)3/h7-9,13-14,16,22H,4-6,10-12H2,1-3H3/t16-/m1/s1. The Balaban J connectivity index is 1.44. The highest BCUT2D eigenvalue weighted by Gasteiger charge is 2.34. The number of aromatic nitrogens is 2. The van der Waals surface area contributed by atoms with Gasteiger partial charge in [-0.25, -0.2) is 0 Å². The number of hydrogen-bond acceptors (Lipinski definition) is 7. The van der Waals surface area contributed by atoms with Crippen molar-refractivity contribution in [1.82, 2.24) is 15.1 Å². The molecule has 2 amide bonds. The maximum atomic E-state index is 13.0. The van der Waals surface area contributed by atoms with Crippen LogP contribution >= 0.6 is 11.3 Å². The van der Waals surface area contributed by atoms with Gasteiger partial charge in [0.05, 0.1) is 6.10 Å². The summed E-state index contributed by atoms with van der Waals surface area (Å²) in [5.41, 5.74) is 0.770. The Morgan fingerprint density at radius 2 is 1.97 bits per heavy atom. The van der Waals surface area contributed by atoms with E-state index >= 15 is 0 Å². The lowest BCUT2D eigenvalue weighted by molar-refractivity contribution is -0.132. The molecular formula is C23H28F2N4O4S. The van der Waals surface area contributed by atoms with Crippen LogP contribution in [0.4, 0.5) is 13.9 Å². The third kappa shape index (κ3) is 5.63. The Hall–Kier alpha value is -2.82. The number of carbonyl (C=O) groups excluding carboxylic acids is 2. The predicted molar refractivity (Wildman–Crippen MR) is 123 cm³/mol. The Morgan fingerprint density at radius 3 is 2.62 bits per heavy atom. The number of rotatable bonds is 10. The molecule has 184 valence electrons. The minimum Gasteiger partial charge on any atom is -0.487 e. The monoisotopic (exact) mass is 494 g/mol. The van der Waals surface area contributed by atoms with Gasteiger partial charge in [-0.3, -0.25) is 14.5 Å². The van der Waals surface area contributed by atoms with Gasteiger partial charge in [0.2, 0.25) is 16.9 Å². The molecule has 0 spiro atoms. The molecule has 2 aromatic rings. The first kappa shape index (κ1) is 24.3. The lowest BCUT2D eigenvalue weighted by Gasteiger charge is -2.22. The Bertz CT molecular complexity index is 1040. The number of alkyl halides is 2. The summed E-state index contributed by atoms with van der Waals surface area (Å²) in [4.78, 5) is 28.8. The second kappa shape index (κ2) is 10.2. The van der Waals surface area contributed by atoms with Crippen molar-refractivity contribution in [3.8, 4) is 11.5 Å². The normalized spacial score (nSPS) is 18.1. The van der Waals surface area contributed by atoms with E-state index in [1.54, 1.807) is 30.9 Å². The molecule has 2 fully saturated rings. The fourth-order valence-electron chi connectivity index (χ4n) is 3.96. The molecule has 4 rings (SSSR count). The molecule has 11 heteroatoms. The van der Waals surface area contributed by atoms with Crippen LogP contribution in [0.1, 0.15) is 62.4 Å². The van der Waals surface area contributed by atoms with Crippen molar-refractivity contribution >= 4 is 28.3 Å². The Morgan fingerprint density at radius 1 is 1.21 bits per heavy atom. The van der Waals surface area contributed by atoms with E-state index in [1.807, 2.05) is 6.92 Å². The quantitative estimate of drug-likeness (QED) is 0.493. The zero-order valence-corrected chi connectivity index (χ0v) is 20.2. The molecule has 8 nitrogen and oxygen atoms in total. The molecule has 34 heavy (non-hydrogen) atoms. The van der Waals surface area contributed by atoms with Crippen molar-refractivity contribution in [2.75, 3.05) is 24.5 Å². The van der Waals surface area contributed by atoms with Gasteiger partial charge in [0, 0.05) is 31.3 Å². The molecule has 1 atom stereocenters. The molecule has 0 radical (unpaired) electrons. The van der Waals surface area contributed by atoms with Crippen LogP contribution in [0.15, 0.2) is 18.2 Å². The minimum atomic E-state index is -2.97. The molecule has 1 aromatic heterocycles. The molecule has 1 aromatic carbocycles. The average Bonchev–Trinajstić information content (AvgIpc) is 3.40. The van der Waals surface area contributed by atoms with E-state index in [4.69, 9.17) is 4.74 Å². The molecule has 0 unspecified atom stereocenters. The molecule has 2 aliphatic rings. The van der Waals surface area contributed by atoms with Crippen LogP contribution < -0.4 is 14.4 Å². The average molecular weight is 495 g/mol. The summed E-state index contributed by atoms with van der Waals surface area (Å²) in [7, 11) is 0. The number of halogens is 2. The van der Waals surface area contributed by atoms with Crippen LogP contribution in [0.2, 0.25) is 0 Å². The maximum Gasteiger partial charge on any atom is 0.387 e. The van der Waals surface area contributed by atoms with E-state index in [1.165, 1.54) is 22.3 Å². The summed E-state index contributed by atoms with van der Waals surface area (Å²) < 4.78 is 35.7. The van der Waals surface area contributed by atoms with E-state index in [0.717, 1.165) is 23.4 Å². The largest absolute Gasteiger partial charge is 0.487 e. The number of ether oxygens (including phenoxy) is 2. The number of carbonyl (C=O) groups is 2. The first-order valence-corrected chi connectivity index (χ1v) is 12.2. The number of hydrogen-bond donors (Lipinski definition) is 0. The number of amides is 2. The first-order chi connectivity index (χ1) is 16.2. The number of nitrogens with zero attached hydrogens (tertiary/aromatic N) is 4. The number of benzene rings is 1. The molecule has 1 saturated carbocycles. The fourth-order valence-corrected chi connectivity index (χ4v) is 5.06. The lowest BCUT2D eigenvalue weighted by Crippen LogP contribution is -2.41. The lowest BCUT2D eigenvalue weighted by atomic mass is 9.98. The van der Waals surface area contributed by atoms with Crippen molar-refractivity contribution in [3.05, 3.63) is 28.8 Å². The van der Waals surface area contributed by atoms with Crippen LogP contribution in [0.5, 0.6) is 11.5 Å². The van der Waals surface area contributed by atoms with Gasteiger partial charge in [0.1, 0.15) is 11.6 Å². The van der Waals surface area contributed by atoms with Crippen LogP contribution in [0.25, 0.3) is 0 Å². The van der Waals surface area contributed by atoms with Gasteiger partial charge in [-0.1, -0.05) is 17.4 Å². The Labute approximate surface area is 200 Å². The van der Waals surface area contributed by atoms with Gasteiger partial charge in [0.15, 0.2) is 11.5 Å². The third-order valence-electron chi connectivity index (χ3n) is 5.76. The van der Waals surface area contributed by atoms with E-state index in [9.17, 15) is 18.4 Å². The highest BCUT2D eigenvalue weighted by molar-refractivity contribution is 7.15. The second-order valence-corrected chi connectivity index (χ2v) is 9.75. The molecule has 0 N–H and O–H groups in total. The van der Waals surface area contributed by atoms with E-state index in [0.29, 0.717) is 24.1 Å². The third-order valence-corrected chi connectivity index (χ3v) is 6.87. The maximum absolute atomic E-state index is 13.0. The van der Waals surface area contributed by atoms with Crippen molar-refractivity contribution in [3.63, 3.8) is 0 Å². The van der Waals surface area contributed by atoms with Crippen LogP contribution in [0.3, 0.4) is 0 Å². The molecular weight excluding hydrogens is 466 g/mol. The molecule has 2 heterocycles. The second-order valence-electron chi connectivity index (χ2n) is 8.76. The van der Waals surface area contributed by atoms with Crippen molar-refractivity contribution in [1.29, 1.82) is 0 Å². The number of likely N-dealkylation sites (N-methyl/N-ethyl adjacent to an activating group) is 1. The summed E-state index contributed by atoms with van der Waals surface area (Å²) in [6, 6.07) is 4.73. The Kier molecular flexibility index (Phi) is 7.30. The summed E-state index contributed by atoms with van der Waals surface area (Å²) in [6.07, 6.45) is 2.20. The van der Waals surface area contributed by atoms with Gasteiger partial charge in [0.25, 0.3) is 0 Å². The van der Waals surface area contributed by atoms with Gasteiger partial charge in [-0.05, 0) is 51.3 Å². The molecule has 1 aliphatic carbocycles. The van der Waals surface area contributed by atoms with Crippen molar-refractivity contribution < 1.29 is 27.8 Å². The van der Waals surface area contributed by atoms with E-state index < -0.39 is 6.61 Å². The molecule has 1 aliphatic heterocycles. The summed E-state index contributed by atoms with van der Waals surface area (Å²) in [5.74, 6) is 0.0836. The summed E-state index contributed by atoms with van der Waals surface area (Å²) >= 11 is 1.43. The van der Waals surface area contributed by atoms with Crippen LogP contribution in [0, 0.1) is 0 Å². The zero-order valence-electron chi connectivity index (χ0n) is 19.4. The molecule has 0 bridgehead atoms. The van der Waals surface area contributed by atoms with Gasteiger partial charge >= 0.3 is 6.61 Å².